The van der Waals surface area contributed by atoms with Crippen LogP contribution in [-0.4, -0.2) is 20.2 Å². The largest absolute Gasteiger partial charge is 0.497 e. The molecular formula is C18H22BrNO. The van der Waals surface area contributed by atoms with Crippen molar-refractivity contribution < 1.29 is 4.74 Å². The number of nitrogens with one attached hydrogen (secondary N) is 1. The molecule has 0 amide bonds. The van der Waals surface area contributed by atoms with E-state index in [-0.39, 0.29) is 0 Å². The summed E-state index contributed by atoms with van der Waals surface area (Å²) in [5, 5.41) is 3.47. The normalized spacial score (nSPS) is 12.1. The lowest BCUT2D eigenvalue weighted by molar-refractivity contribution is 0.414. The maximum Gasteiger partial charge on any atom is 0.119 e. The Kier molecular flexibility index (Phi) is 6.27. The van der Waals surface area contributed by atoms with Gasteiger partial charge in [0.1, 0.15) is 5.75 Å². The van der Waals surface area contributed by atoms with Crippen LogP contribution in [0.25, 0.3) is 0 Å². The van der Waals surface area contributed by atoms with E-state index in [2.05, 4.69) is 70.6 Å². The van der Waals surface area contributed by atoms with E-state index >= 15 is 0 Å². The molecule has 2 rings (SSSR count). The smallest absolute Gasteiger partial charge is 0.119 e. The molecule has 0 saturated carbocycles. The lowest BCUT2D eigenvalue weighted by Gasteiger charge is -2.19. The molecule has 1 N–H and O–H groups in total. The van der Waals surface area contributed by atoms with Gasteiger partial charge in [-0.3, -0.25) is 0 Å². The van der Waals surface area contributed by atoms with E-state index in [1.807, 2.05) is 6.07 Å². The topological polar surface area (TPSA) is 21.3 Å². The number of halogens is 1. The standard InChI is InChI=1S/C18H22BrNO/c1-3-20-13-16(14-7-5-4-6-8-14)11-15-12-17(21-2)9-10-18(15)19/h4-10,12,16,20H,3,11,13H2,1-2H3. The summed E-state index contributed by atoms with van der Waals surface area (Å²) in [5.41, 5.74) is 2.65. The predicted molar refractivity (Wildman–Crippen MR) is 92.1 cm³/mol. The maximum atomic E-state index is 5.34. The highest BCUT2D eigenvalue weighted by Crippen LogP contribution is 2.28. The molecule has 112 valence electrons. The van der Waals surface area contributed by atoms with Crippen molar-refractivity contribution in [2.75, 3.05) is 20.2 Å². The molecule has 0 aromatic heterocycles. The van der Waals surface area contributed by atoms with Gasteiger partial charge in [0.25, 0.3) is 0 Å². The van der Waals surface area contributed by atoms with Crippen LogP contribution in [0.4, 0.5) is 0 Å². The van der Waals surface area contributed by atoms with Crippen LogP contribution in [0.3, 0.4) is 0 Å². The molecule has 1 atom stereocenters. The minimum Gasteiger partial charge on any atom is -0.497 e. The Bertz CT molecular complexity index is 556. The molecule has 2 nitrogen and oxygen atoms in total. The Balaban J connectivity index is 2.22. The van der Waals surface area contributed by atoms with Crippen molar-refractivity contribution in [3.8, 4) is 5.75 Å². The van der Waals surface area contributed by atoms with Crippen molar-refractivity contribution >= 4 is 15.9 Å². The minimum atomic E-state index is 0.453. The van der Waals surface area contributed by atoms with Crippen molar-refractivity contribution in [3.05, 3.63) is 64.1 Å². The number of benzene rings is 2. The number of hydrogen-bond acceptors (Lipinski definition) is 2. The van der Waals surface area contributed by atoms with Crippen LogP contribution in [-0.2, 0) is 6.42 Å². The Labute approximate surface area is 135 Å². The molecule has 0 aliphatic heterocycles. The van der Waals surface area contributed by atoms with Crippen LogP contribution in [0.15, 0.2) is 53.0 Å². The van der Waals surface area contributed by atoms with Gasteiger partial charge in [0.05, 0.1) is 7.11 Å². The van der Waals surface area contributed by atoms with Gasteiger partial charge in [-0.15, -0.1) is 0 Å². The fraction of sp³-hybridized carbons (Fsp3) is 0.333. The number of hydrogen-bond donors (Lipinski definition) is 1. The molecule has 0 aliphatic carbocycles. The third kappa shape index (κ3) is 4.58. The summed E-state index contributed by atoms with van der Waals surface area (Å²) in [4.78, 5) is 0. The Morgan fingerprint density at radius 1 is 1.14 bits per heavy atom. The summed E-state index contributed by atoms with van der Waals surface area (Å²) >= 11 is 3.65. The molecular weight excluding hydrogens is 326 g/mol. The highest BCUT2D eigenvalue weighted by Gasteiger charge is 2.14. The van der Waals surface area contributed by atoms with Gasteiger partial charge in [0.2, 0.25) is 0 Å². The SMILES string of the molecule is CCNCC(Cc1cc(OC)ccc1Br)c1ccccc1. The number of likely N-dealkylation sites (N-methyl/N-ethyl adjacent to an activating group) is 1. The van der Waals surface area contributed by atoms with Crippen molar-refractivity contribution in [1.82, 2.24) is 5.32 Å². The van der Waals surface area contributed by atoms with Gasteiger partial charge in [-0.1, -0.05) is 53.2 Å². The second-order valence-corrected chi connectivity index (χ2v) is 5.93. The van der Waals surface area contributed by atoms with Crippen molar-refractivity contribution in [3.63, 3.8) is 0 Å². The van der Waals surface area contributed by atoms with E-state index in [4.69, 9.17) is 4.74 Å². The molecule has 21 heavy (non-hydrogen) atoms. The first-order chi connectivity index (χ1) is 10.2. The van der Waals surface area contributed by atoms with E-state index < -0.39 is 0 Å². The van der Waals surface area contributed by atoms with Crippen LogP contribution in [0.1, 0.15) is 24.0 Å². The molecule has 0 fully saturated rings. The van der Waals surface area contributed by atoms with Gasteiger partial charge in [0.15, 0.2) is 0 Å². The quantitative estimate of drug-likeness (QED) is 0.801. The monoisotopic (exact) mass is 347 g/mol. The second-order valence-electron chi connectivity index (χ2n) is 5.08. The fourth-order valence-electron chi connectivity index (χ4n) is 2.45. The van der Waals surface area contributed by atoms with Gasteiger partial charge in [-0.25, -0.2) is 0 Å². The van der Waals surface area contributed by atoms with E-state index in [9.17, 15) is 0 Å². The lowest BCUT2D eigenvalue weighted by Crippen LogP contribution is -2.22. The molecule has 1 unspecified atom stereocenters. The zero-order valence-electron chi connectivity index (χ0n) is 12.6. The summed E-state index contributed by atoms with van der Waals surface area (Å²) in [6.45, 7) is 4.11. The van der Waals surface area contributed by atoms with Crippen molar-refractivity contribution in [2.45, 2.75) is 19.3 Å². The molecule has 0 heterocycles. The van der Waals surface area contributed by atoms with E-state index in [1.54, 1.807) is 7.11 Å². The van der Waals surface area contributed by atoms with Crippen molar-refractivity contribution in [1.29, 1.82) is 0 Å². The summed E-state index contributed by atoms with van der Waals surface area (Å²) in [7, 11) is 1.71. The molecule has 0 aliphatic rings. The Morgan fingerprint density at radius 3 is 2.57 bits per heavy atom. The molecule has 0 saturated heterocycles. The molecule has 0 radical (unpaired) electrons. The van der Waals surface area contributed by atoms with Gasteiger partial charge in [0, 0.05) is 16.9 Å². The van der Waals surface area contributed by atoms with Crippen LogP contribution < -0.4 is 10.1 Å². The second kappa shape index (κ2) is 8.20. The Morgan fingerprint density at radius 2 is 1.90 bits per heavy atom. The van der Waals surface area contributed by atoms with E-state index in [1.165, 1.54) is 11.1 Å². The van der Waals surface area contributed by atoms with Gasteiger partial charge >= 0.3 is 0 Å². The van der Waals surface area contributed by atoms with Crippen LogP contribution in [0.5, 0.6) is 5.75 Å². The molecule has 0 spiro atoms. The summed E-state index contributed by atoms with van der Waals surface area (Å²) in [5.74, 6) is 1.36. The molecule has 2 aromatic rings. The van der Waals surface area contributed by atoms with E-state index in [0.717, 1.165) is 29.7 Å². The Hall–Kier alpha value is -1.32. The number of methoxy groups -OCH3 is 1. The van der Waals surface area contributed by atoms with Crippen LogP contribution >= 0.6 is 15.9 Å². The first-order valence-electron chi connectivity index (χ1n) is 7.32. The van der Waals surface area contributed by atoms with Gasteiger partial charge in [-0.2, -0.15) is 0 Å². The van der Waals surface area contributed by atoms with Crippen LogP contribution in [0, 0.1) is 0 Å². The minimum absolute atomic E-state index is 0.453. The zero-order chi connectivity index (χ0) is 15.1. The van der Waals surface area contributed by atoms with Crippen molar-refractivity contribution in [2.24, 2.45) is 0 Å². The average molecular weight is 348 g/mol. The van der Waals surface area contributed by atoms with Gasteiger partial charge in [-0.05, 0) is 42.3 Å². The van der Waals surface area contributed by atoms with Crippen LogP contribution in [0.2, 0.25) is 0 Å². The molecule has 3 heteroatoms. The first-order valence-corrected chi connectivity index (χ1v) is 8.12. The van der Waals surface area contributed by atoms with E-state index in [0.29, 0.717) is 5.92 Å². The lowest BCUT2D eigenvalue weighted by atomic mass is 9.92. The summed E-state index contributed by atoms with van der Waals surface area (Å²) in [6, 6.07) is 16.8. The molecule has 2 aromatic carbocycles. The number of ether oxygens (including phenoxy) is 1. The number of rotatable bonds is 7. The third-order valence-electron chi connectivity index (χ3n) is 3.63. The third-order valence-corrected chi connectivity index (χ3v) is 4.40. The van der Waals surface area contributed by atoms with Gasteiger partial charge < -0.3 is 10.1 Å². The zero-order valence-corrected chi connectivity index (χ0v) is 14.2. The fourth-order valence-corrected chi connectivity index (χ4v) is 2.86. The highest BCUT2D eigenvalue weighted by molar-refractivity contribution is 9.10. The maximum absolute atomic E-state index is 5.34. The molecule has 0 bridgehead atoms. The average Bonchev–Trinajstić information content (AvgIpc) is 2.54. The highest BCUT2D eigenvalue weighted by atomic mass is 79.9. The predicted octanol–water partition coefficient (Wildman–Crippen LogP) is 4.39. The first kappa shape index (κ1) is 16.1. The summed E-state index contributed by atoms with van der Waals surface area (Å²) < 4.78 is 6.48. The summed E-state index contributed by atoms with van der Waals surface area (Å²) in [6.07, 6.45) is 0.981.